The van der Waals surface area contributed by atoms with Gasteiger partial charge >= 0.3 is 0 Å². The fourth-order valence-corrected chi connectivity index (χ4v) is 3.18. The summed E-state index contributed by atoms with van der Waals surface area (Å²) in [5, 5.41) is 0. The van der Waals surface area contributed by atoms with Crippen molar-refractivity contribution in [3.05, 3.63) is 33.8 Å². The second-order valence-electron chi connectivity index (χ2n) is 5.32. The van der Waals surface area contributed by atoms with Crippen LogP contribution in [0.15, 0.2) is 22.7 Å². The van der Waals surface area contributed by atoms with Gasteiger partial charge in [-0.05, 0) is 68.1 Å². The van der Waals surface area contributed by atoms with E-state index in [1.807, 2.05) is 30.0 Å². The van der Waals surface area contributed by atoms with E-state index in [0.29, 0.717) is 12.1 Å². The molecule has 0 spiro atoms. The number of rotatable bonds is 1. The van der Waals surface area contributed by atoms with Crippen molar-refractivity contribution in [1.82, 2.24) is 4.90 Å². The van der Waals surface area contributed by atoms with Crippen molar-refractivity contribution in [2.45, 2.75) is 52.1 Å². The molecule has 0 bridgehead atoms. The van der Waals surface area contributed by atoms with E-state index in [4.69, 9.17) is 0 Å². The molecule has 3 heteroatoms. The van der Waals surface area contributed by atoms with Gasteiger partial charge in [0.1, 0.15) is 0 Å². The van der Waals surface area contributed by atoms with Crippen molar-refractivity contribution in [1.29, 1.82) is 0 Å². The number of hydrogen-bond donors (Lipinski definition) is 0. The third-order valence-electron chi connectivity index (χ3n) is 3.78. The van der Waals surface area contributed by atoms with Crippen molar-refractivity contribution >= 4 is 21.8 Å². The number of carbonyl (C=O) groups excluding carboxylic acids is 1. The molecule has 0 aliphatic carbocycles. The van der Waals surface area contributed by atoms with Gasteiger partial charge in [-0.1, -0.05) is 11.6 Å². The average molecular weight is 310 g/mol. The monoisotopic (exact) mass is 309 g/mol. The Kier molecular flexibility index (Phi) is 4.10. The Bertz CT molecular complexity index is 448. The van der Waals surface area contributed by atoms with E-state index in [-0.39, 0.29) is 5.91 Å². The fourth-order valence-electron chi connectivity index (χ4n) is 2.76. The molecule has 1 heterocycles. The highest BCUT2D eigenvalue weighted by atomic mass is 79.9. The van der Waals surface area contributed by atoms with Crippen molar-refractivity contribution in [2.75, 3.05) is 0 Å². The summed E-state index contributed by atoms with van der Waals surface area (Å²) >= 11 is 3.49. The lowest BCUT2D eigenvalue weighted by Crippen LogP contribution is -2.47. The highest BCUT2D eigenvalue weighted by Crippen LogP contribution is 2.27. The molecule has 98 valence electrons. The molecule has 1 fully saturated rings. The van der Waals surface area contributed by atoms with Gasteiger partial charge in [-0.15, -0.1) is 0 Å². The zero-order valence-corrected chi connectivity index (χ0v) is 12.8. The van der Waals surface area contributed by atoms with Crippen LogP contribution in [0.2, 0.25) is 0 Å². The first-order valence-corrected chi connectivity index (χ1v) is 7.39. The molecular weight excluding hydrogens is 290 g/mol. The molecule has 0 aromatic heterocycles. The smallest absolute Gasteiger partial charge is 0.255 e. The third-order valence-corrected chi connectivity index (χ3v) is 4.47. The summed E-state index contributed by atoms with van der Waals surface area (Å²) < 4.78 is 0.892. The van der Waals surface area contributed by atoms with E-state index in [1.165, 1.54) is 6.42 Å². The number of aryl methyl sites for hydroxylation is 1. The van der Waals surface area contributed by atoms with Gasteiger partial charge in [-0.3, -0.25) is 4.79 Å². The van der Waals surface area contributed by atoms with Crippen LogP contribution in [-0.2, 0) is 0 Å². The van der Waals surface area contributed by atoms with Gasteiger partial charge in [0, 0.05) is 16.6 Å². The molecule has 1 aromatic rings. The number of halogens is 1. The lowest BCUT2D eigenvalue weighted by molar-refractivity contribution is 0.0509. The van der Waals surface area contributed by atoms with Crippen LogP contribution < -0.4 is 0 Å². The van der Waals surface area contributed by atoms with Gasteiger partial charge < -0.3 is 4.90 Å². The van der Waals surface area contributed by atoms with Crippen LogP contribution in [0.4, 0.5) is 0 Å². The Morgan fingerprint density at radius 2 is 1.89 bits per heavy atom. The number of piperidine rings is 1. The Balaban J connectivity index is 2.32. The van der Waals surface area contributed by atoms with Gasteiger partial charge in [-0.2, -0.15) is 0 Å². The maximum absolute atomic E-state index is 12.7. The SMILES string of the molecule is Cc1ccc(Br)c(C(=O)N2C(C)CCCC2C)c1. The third kappa shape index (κ3) is 2.61. The molecule has 0 saturated carbocycles. The first-order valence-electron chi connectivity index (χ1n) is 6.59. The predicted octanol–water partition coefficient (Wildman–Crippen LogP) is 4.16. The number of nitrogens with zero attached hydrogens (tertiary/aromatic N) is 1. The molecule has 2 atom stereocenters. The van der Waals surface area contributed by atoms with E-state index in [1.54, 1.807) is 0 Å². The number of amides is 1. The molecule has 1 aromatic carbocycles. The van der Waals surface area contributed by atoms with Crippen LogP contribution >= 0.6 is 15.9 Å². The molecule has 0 N–H and O–H groups in total. The van der Waals surface area contributed by atoms with Gasteiger partial charge in [0.05, 0.1) is 5.56 Å². The van der Waals surface area contributed by atoms with E-state index in [0.717, 1.165) is 28.4 Å². The summed E-state index contributed by atoms with van der Waals surface area (Å²) in [6.45, 7) is 6.32. The lowest BCUT2D eigenvalue weighted by Gasteiger charge is -2.39. The summed E-state index contributed by atoms with van der Waals surface area (Å²) in [6, 6.07) is 6.63. The number of likely N-dealkylation sites (tertiary alicyclic amines) is 1. The van der Waals surface area contributed by atoms with Crippen LogP contribution in [0, 0.1) is 6.92 Å². The summed E-state index contributed by atoms with van der Waals surface area (Å²) in [5.74, 6) is 0.158. The molecule has 2 rings (SSSR count). The highest BCUT2D eigenvalue weighted by molar-refractivity contribution is 9.10. The standard InChI is InChI=1S/C15H20BrNO/c1-10-7-8-14(16)13(9-10)15(18)17-11(2)5-4-6-12(17)3/h7-9,11-12H,4-6H2,1-3H3. The zero-order chi connectivity index (χ0) is 13.3. The number of carbonyl (C=O) groups is 1. The van der Waals surface area contributed by atoms with E-state index >= 15 is 0 Å². The Morgan fingerprint density at radius 3 is 2.50 bits per heavy atom. The first kappa shape index (κ1) is 13.6. The van der Waals surface area contributed by atoms with E-state index in [2.05, 4.69) is 29.8 Å². The molecule has 1 aliphatic rings. The maximum atomic E-state index is 12.7. The van der Waals surface area contributed by atoms with E-state index < -0.39 is 0 Å². The van der Waals surface area contributed by atoms with Crippen LogP contribution in [0.25, 0.3) is 0 Å². The number of benzene rings is 1. The molecule has 18 heavy (non-hydrogen) atoms. The van der Waals surface area contributed by atoms with E-state index in [9.17, 15) is 4.79 Å². The summed E-state index contributed by atoms with van der Waals surface area (Å²) in [5.41, 5.74) is 1.91. The second kappa shape index (κ2) is 5.43. The largest absolute Gasteiger partial charge is 0.333 e. The zero-order valence-electron chi connectivity index (χ0n) is 11.2. The molecule has 1 amide bonds. The average Bonchev–Trinajstić information content (AvgIpc) is 2.32. The lowest BCUT2D eigenvalue weighted by atomic mass is 9.96. The van der Waals surface area contributed by atoms with Crippen molar-refractivity contribution in [3.63, 3.8) is 0 Å². The van der Waals surface area contributed by atoms with Gasteiger partial charge in [0.15, 0.2) is 0 Å². The van der Waals surface area contributed by atoms with Crippen LogP contribution in [0.1, 0.15) is 49.0 Å². The molecule has 1 saturated heterocycles. The quantitative estimate of drug-likeness (QED) is 0.762. The second-order valence-corrected chi connectivity index (χ2v) is 6.18. The topological polar surface area (TPSA) is 20.3 Å². The van der Waals surface area contributed by atoms with Gasteiger partial charge in [0.25, 0.3) is 5.91 Å². The maximum Gasteiger partial charge on any atom is 0.255 e. The highest BCUT2D eigenvalue weighted by Gasteiger charge is 2.30. The predicted molar refractivity (Wildman–Crippen MR) is 77.8 cm³/mol. The normalized spacial score (nSPS) is 24.1. The first-order chi connectivity index (χ1) is 8.50. The van der Waals surface area contributed by atoms with Crippen LogP contribution in [0.5, 0.6) is 0 Å². The minimum Gasteiger partial charge on any atom is -0.333 e. The summed E-state index contributed by atoms with van der Waals surface area (Å²) in [7, 11) is 0. The minimum atomic E-state index is 0.158. The molecule has 0 radical (unpaired) electrons. The molecule has 2 unspecified atom stereocenters. The molecule has 2 nitrogen and oxygen atoms in total. The Morgan fingerprint density at radius 1 is 1.28 bits per heavy atom. The van der Waals surface area contributed by atoms with Gasteiger partial charge in [-0.25, -0.2) is 0 Å². The summed E-state index contributed by atoms with van der Waals surface area (Å²) in [6.07, 6.45) is 3.44. The van der Waals surface area contributed by atoms with Crippen molar-refractivity contribution < 1.29 is 4.79 Å². The fraction of sp³-hybridized carbons (Fsp3) is 0.533. The van der Waals surface area contributed by atoms with Gasteiger partial charge in [0.2, 0.25) is 0 Å². The minimum absolute atomic E-state index is 0.158. The van der Waals surface area contributed by atoms with Crippen molar-refractivity contribution in [3.8, 4) is 0 Å². The Labute approximate surface area is 117 Å². The Hall–Kier alpha value is -0.830. The summed E-state index contributed by atoms with van der Waals surface area (Å²) in [4.78, 5) is 14.7. The molecular formula is C15H20BrNO. The molecule has 1 aliphatic heterocycles. The van der Waals surface area contributed by atoms with Crippen LogP contribution in [0.3, 0.4) is 0 Å². The van der Waals surface area contributed by atoms with Crippen LogP contribution in [-0.4, -0.2) is 22.9 Å². The van der Waals surface area contributed by atoms with Crippen molar-refractivity contribution in [2.24, 2.45) is 0 Å². The number of hydrogen-bond acceptors (Lipinski definition) is 1.